The minimum atomic E-state index is -0.539. The van der Waals surface area contributed by atoms with Crippen molar-refractivity contribution < 1.29 is 14.0 Å². The van der Waals surface area contributed by atoms with Gasteiger partial charge >= 0.3 is 0 Å². The number of carbonyl (C=O) groups excluding carboxylic acids is 2. The van der Waals surface area contributed by atoms with E-state index >= 15 is 0 Å². The minimum Gasteiger partial charge on any atom is -0.372 e. The van der Waals surface area contributed by atoms with Gasteiger partial charge in [-0.2, -0.15) is 0 Å². The Morgan fingerprint density at radius 2 is 2.18 bits per heavy atom. The zero-order valence-corrected chi connectivity index (χ0v) is 12.0. The van der Waals surface area contributed by atoms with E-state index < -0.39 is 11.9 Å². The lowest BCUT2D eigenvalue weighted by Gasteiger charge is -2.23. The molecule has 116 valence electrons. The average molecular weight is 304 g/mol. The number of piperidine rings is 1. The van der Waals surface area contributed by atoms with Gasteiger partial charge in [-0.05, 0) is 25.0 Å². The Balaban J connectivity index is 1.73. The number of nitrogens with one attached hydrogen (secondary N) is 3. The predicted octanol–water partition coefficient (Wildman–Crippen LogP) is 0.814. The summed E-state index contributed by atoms with van der Waals surface area (Å²) in [5.41, 5.74) is 1.68. The van der Waals surface area contributed by atoms with Gasteiger partial charge < -0.3 is 10.6 Å². The van der Waals surface area contributed by atoms with Crippen molar-refractivity contribution in [2.24, 2.45) is 0 Å². The van der Waals surface area contributed by atoms with Gasteiger partial charge in [-0.3, -0.25) is 19.9 Å². The Bertz CT molecular complexity index is 644. The van der Waals surface area contributed by atoms with Crippen LogP contribution in [0.1, 0.15) is 25.0 Å². The Kier molecular flexibility index (Phi) is 4.15. The summed E-state index contributed by atoms with van der Waals surface area (Å²) in [4.78, 5) is 27.0. The van der Waals surface area contributed by atoms with Crippen LogP contribution < -0.4 is 16.0 Å². The fourth-order valence-corrected chi connectivity index (χ4v) is 2.62. The topological polar surface area (TPSA) is 83.1 Å². The molecule has 3 heterocycles. The molecule has 0 spiro atoms. The molecule has 0 bridgehead atoms. The zero-order chi connectivity index (χ0) is 15.5. The number of amides is 2. The van der Waals surface area contributed by atoms with E-state index in [0.717, 1.165) is 18.5 Å². The molecule has 0 aliphatic carbocycles. The number of carbonyl (C=O) groups is 2. The van der Waals surface area contributed by atoms with Gasteiger partial charge in [-0.15, -0.1) is 0 Å². The first-order chi connectivity index (χ1) is 10.6. The quantitative estimate of drug-likeness (QED) is 0.720. The number of anilines is 1. The third-order valence-corrected chi connectivity index (χ3v) is 3.79. The minimum absolute atomic E-state index is 0.275. The Morgan fingerprint density at radius 3 is 2.86 bits per heavy atom. The van der Waals surface area contributed by atoms with Crippen LogP contribution in [0.4, 0.5) is 10.1 Å². The van der Waals surface area contributed by atoms with E-state index in [2.05, 4.69) is 20.9 Å². The molecular formula is C15H17FN4O2. The van der Waals surface area contributed by atoms with Crippen LogP contribution in [-0.4, -0.2) is 35.9 Å². The highest BCUT2D eigenvalue weighted by Crippen LogP contribution is 2.23. The SMILES string of the molecule is O=C1CCC(Nc2cnc(C3=CCNCC3)c(F)c2)C(=O)N1. The number of hydrogen-bond donors (Lipinski definition) is 3. The summed E-state index contributed by atoms with van der Waals surface area (Å²) in [5, 5.41) is 8.35. The fraction of sp³-hybridized carbons (Fsp3) is 0.400. The summed E-state index contributed by atoms with van der Waals surface area (Å²) in [6.45, 7) is 1.52. The van der Waals surface area contributed by atoms with Gasteiger partial charge in [0, 0.05) is 19.0 Å². The molecule has 1 atom stereocenters. The molecular weight excluding hydrogens is 287 g/mol. The second-order valence-corrected chi connectivity index (χ2v) is 5.39. The van der Waals surface area contributed by atoms with E-state index in [1.807, 2.05) is 6.08 Å². The van der Waals surface area contributed by atoms with Crippen LogP contribution in [0.15, 0.2) is 18.3 Å². The van der Waals surface area contributed by atoms with Crippen LogP contribution in [0.3, 0.4) is 0 Å². The Hall–Kier alpha value is -2.28. The van der Waals surface area contributed by atoms with Crippen molar-refractivity contribution in [3.05, 3.63) is 29.9 Å². The van der Waals surface area contributed by atoms with Gasteiger partial charge in [0.2, 0.25) is 11.8 Å². The van der Waals surface area contributed by atoms with Crippen molar-refractivity contribution in [3.63, 3.8) is 0 Å². The molecule has 1 saturated heterocycles. The van der Waals surface area contributed by atoms with Gasteiger partial charge in [-0.25, -0.2) is 4.39 Å². The third kappa shape index (κ3) is 3.14. The molecule has 3 N–H and O–H groups in total. The highest BCUT2D eigenvalue weighted by molar-refractivity contribution is 6.01. The number of hydrogen-bond acceptors (Lipinski definition) is 5. The van der Waals surface area contributed by atoms with Crippen molar-refractivity contribution in [1.82, 2.24) is 15.6 Å². The second-order valence-electron chi connectivity index (χ2n) is 5.39. The van der Waals surface area contributed by atoms with Crippen LogP contribution in [-0.2, 0) is 9.59 Å². The maximum atomic E-state index is 14.2. The van der Waals surface area contributed by atoms with E-state index in [9.17, 15) is 14.0 Å². The van der Waals surface area contributed by atoms with Crippen LogP contribution in [0.25, 0.3) is 5.57 Å². The number of halogens is 1. The van der Waals surface area contributed by atoms with E-state index in [1.165, 1.54) is 12.3 Å². The van der Waals surface area contributed by atoms with Crippen molar-refractivity contribution in [2.75, 3.05) is 18.4 Å². The molecule has 2 amide bonds. The monoisotopic (exact) mass is 304 g/mol. The normalized spacial score (nSPS) is 22.0. The fourth-order valence-electron chi connectivity index (χ4n) is 2.62. The molecule has 3 rings (SSSR count). The average Bonchev–Trinajstić information content (AvgIpc) is 2.51. The van der Waals surface area contributed by atoms with Crippen molar-refractivity contribution in [2.45, 2.75) is 25.3 Å². The Labute approximate surface area is 127 Å². The predicted molar refractivity (Wildman–Crippen MR) is 79.5 cm³/mol. The zero-order valence-electron chi connectivity index (χ0n) is 12.0. The molecule has 7 heteroatoms. The number of pyridine rings is 1. The van der Waals surface area contributed by atoms with Crippen LogP contribution in [0.2, 0.25) is 0 Å². The second kappa shape index (κ2) is 6.23. The van der Waals surface area contributed by atoms with E-state index in [4.69, 9.17) is 0 Å². The lowest BCUT2D eigenvalue weighted by Crippen LogP contribution is -2.47. The number of aromatic nitrogens is 1. The van der Waals surface area contributed by atoms with E-state index in [1.54, 1.807) is 0 Å². The number of imide groups is 1. The van der Waals surface area contributed by atoms with Gasteiger partial charge in [0.05, 0.1) is 11.9 Å². The number of rotatable bonds is 3. The third-order valence-electron chi connectivity index (χ3n) is 3.79. The highest BCUT2D eigenvalue weighted by atomic mass is 19.1. The van der Waals surface area contributed by atoms with E-state index in [0.29, 0.717) is 24.3 Å². The molecule has 0 radical (unpaired) electrons. The molecule has 1 aromatic heterocycles. The largest absolute Gasteiger partial charge is 0.372 e. The molecule has 22 heavy (non-hydrogen) atoms. The molecule has 1 fully saturated rings. The first-order valence-corrected chi connectivity index (χ1v) is 7.29. The van der Waals surface area contributed by atoms with Crippen molar-refractivity contribution in [1.29, 1.82) is 0 Å². The smallest absolute Gasteiger partial charge is 0.249 e. The summed E-state index contributed by atoms with van der Waals surface area (Å²) >= 11 is 0. The Morgan fingerprint density at radius 1 is 1.32 bits per heavy atom. The van der Waals surface area contributed by atoms with Crippen molar-refractivity contribution >= 4 is 23.1 Å². The summed E-state index contributed by atoms with van der Waals surface area (Å²) in [6, 6.07) is 0.803. The molecule has 1 unspecified atom stereocenters. The van der Waals surface area contributed by atoms with Crippen LogP contribution >= 0.6 is 0 Å². The molecule has 6 nitrogen and oxygen atoms in total. The lowest BCUT2D eigenvalue weighted by atomic mass is 10.0. The lowest BCUT2D eigenvalue weighted by molar-refractivity contribution is -0.133. The standard InChI is InChI=1S/C15H17FN4O2/c16-11-7-10(19-12-1-2-13(21)20-15(12)22)8-18-14(11)9-3-5-17-6-4-9/h3,7-8,12,17,19H,1-2,4-6H2,(H,20,21,22). The molecule has 0 saturated carbocycles. The van der Waals surface area contributed by atoms with Gasteiger partial charge in [0.25, 0.3) is 0 Å². The van der Waals surface area contributed by atoms with Gasteiger partial charge in [-0.1, -0.05) is 6.08 Å². The maximum Gasteiger partial charge on any atom is 0.249 e. The first-order valence-electron chi connectivity index (χ1n) is 7.29. The summed E-state index contributed by atoms with van der Waals surface area (Å²) in [6.07, 6.45) is 4.86. The summed E-state index contributed by atoms with van der Waals surface area (Å²) < 4.78 is 14.2. The maximum absolute atomic E-state index is 14.2. The van der Waals surface area contributed by atoms with E-state index in [-0.39, 0.29) is 18.2 Å². The first kappa shape index (κ1) is 14.6. The summed E-state index contributed by atoms with van der Waals surface area (Å²) in [5.74, 6) is -1.08. The molecule has 1 aromatic rings. The molecule has 0 aromatic carbocycles. The number of nitrogens with zero attached hydrogens (tertiary/aromatic N) is 1. The highest BCUT2D eigenvalue weighted by Gasteiger charge is 2.26. The van der Waals surface area contributed by atoms with Crippen LogP contribution in [0.5, 0.6) is 0 Å². The van der Waals surface area contributed by atoms with Gasteiger partial charge in [0.1, 0.15) is 11.7 Å². The van der Waals surface area contributed by atoms with Gasteiger partial charge in [0.15, 0.2) is 5.82 Å². The summed E-state index contributed by atoms with van der Waals surface area (Å²) in [7, 11) is 0. The molecule has 2 aliphatic rings. The van der Waals surface area contributed by atoms with Crippen molar-refractivity contribution in [3.8, 4) is 0 Å². The van der Waals surface area contributed by atoms with Crippen LogP contribution in [0, 0.1) is 5.82 Å². The molecule has 2 aliphatic heterocycles.